The lowest BCUT2D eigenvalue weighted by atomic mass is 9.98. The second-order valence-electron chi connectivity index (χ2n) is 5.73. The average Bonchev–Trinajstić information content (AvgIpc) is 2.89. The minimum atomic E-state index is -0.621. The van der Waals surface area contributed by atoms with Gasteiger partial charge in [-0.3, -0.25) is 19.5 Å². The van der Waals surface area contributed by atoms with E-state index in [0.717, 1.165) is 28.1 Å². The van der Waals surface area contributed by atoms with E-state index in [2.05, 4.69) is 4.99 Å². The molecule has 0 bridgehead atoms. The molecule has 0 saturated heterocycles. The van der Waals surface area contributed by atoms with Crippen molar-refractivity contribution in [1.29, 1.82) is 0 Å². The van der Waals surface area contributed by atoms with Crippen molar-refractivity contribution in [3.8, 4) is 0 Å². The molecule has 2 heterocycles. The van der Waals surface area contributed by atoms with Gasteiger partial charge in [0.15, 0.2) is 0 Å². The van der Waals surface area contributed by atoms with Crippen LogP contribution in [0.15, 0.2) is 53.5 Å². The van der Waals surface area contributed by atoms with Gasteiger partial charge in [-0.15, -0.1) is 0 Å². The first-order valence-corrected chi connectivity index (χ1v) is 7.50. The quantitative estimate of drug-likeness (QED) is 0.907. The van der Waals surface area contributed by atoms with Crippen LogP contribution in [0.1, 0.15) is 16.7 Å². The predicted molar refractivity (Wildman–Crippen MR) is 87.6 cm³/mol. The lowest BCUT2D eigenvalue weighted by Crippen LogP contribution is -2.46. The van der Waals surface area contributed by atoms with Crippen molar-refractivity contribution in [2.75, 3.05) is 11.4 Å². The van der Waals surface area contributed by atoms with Gasteiger partial charge in [-0.1, -0.05) is 48.5 Å². The van der Waals surface area contributed by atoms with Crippen LogP contribution < -0.4 is 10.6 Å². The van der Waals surface area contributed by atoms with Crippen LogP contribution in [-0.2, 0) is 16.0 Å². The van der Waals surface area contributed by atoms with E-state index in [9.17, 15) is 9.59 Å². The first-order valence-electron chi connectivity index (χ1n) is 7.50. The summed E-state index contributed by atoms with van der Waals surface area (Å²) in [5.74, 6) is -0.672. The maximum absolute atomic E-state index is 12.5. The van der Waals surface area contributed by atoms with Gasteiger partial charge in [0.2, 0.25) is 11.8 Å². The summed E-state index contributed by atoms with van der Waals surface area (Å²) in [7, 11) is 0. The molecule has 5 heteroatoms. The summed E-state index contributed by atoms with van der Waals surface area (Å²) in [6, 6.07) is 15.0. The molecular weight excluding hydrogens is 290 g/mol. The zero-order chi connectivity index (χ0) is 16.0. The van der Waals surface area contributed by atoms with Crippen molar-refractivity contribution >= 4 is 23.2 Å². The van der Waals surface area contributed by atoms with Crippen molar-refractivity contribution in [3.63, 3.8) is 0 Å². The van der Waals surface area contributed by atoms with E-state index in [4.69, 9.17) is 5.73 Å². The molecule has 2 aliphatic rings. The number of aliphatic imine (C=N–C) groups is 1. The van der Waals surface area contributed by atoms with E-state index in [-0.39, 0.29) is 12.5 Å². The fraction of sp³-hybridized carbons (Fsp3) is 0.167. The van der Waals surface area contributed by atoms with Crippen LogP contribution in [0.25, 0.3) is 0 Å². The van der Waals surface area contributed by atoms with Gasteiger partial charge in [0.25, 0.3) is 0 Å². The van der Waals surface area contributed by atoms with E-state index in [1.807, 2.05) is 48.5 Å². The Kier molecular flexibility index (Phi) is 3.01. The zero-order valence-electron chi connectivity index (χ0n) is 12.4. The van der Waals surface area contributed by atoms with Crippen LogP contribution in [0.5, 0.6) is 0 Å². The fourth-order valence-corrected chi connectivity index (χ4v) is 3.36. The SMILES string of the molecule is NC(=O)[C@@H]1Cc2cccc3c2N1C(=O)CN=C3c1ccccc1. The van der Waals surface area contributed by atoms with E-state index >= 15 is 0 Å². The molecule has 2 aliphatic heterocycles. The average molecular weight is 305 g/mol. The minimum Gasteiger partial charge on any atom is -0.368 e. The standard InChI is InChI=1S/C18H15N3O2/c19-18(23)14-9-12-7-4-8-13-16(11-5-2-1-3-6-11)20-10-15(22)21(14)17(12)13/h1-8,14H,9-10H2,(H2,19,23)/t14-/m0/s1. The normalized spacial score (nSPS) is 19.1. The highest BCUT2D eigenvalue weighted by atomic mass is 16.2. The summed E-state index contributed by atoms with van der Waals surface area (Å²) < 4.78 is 0. The Labute approximate surface area is 133 Å². The smallest absolute Gasteiger partial charge is 0.249 e. The third kappa shape index (κ3) is 2.04. The van der Waals surface area contributed by atoms with Crippen molar-refractivity contribution < 1.29 is 9.59 Å². The number of carbonyl (C=O) groups is 2. The Morgan fingerprint density at radius 3 is 2.65 bits per heavy atom. The van der Waals surface area contributed by atoms with Crippen LogP contribution in [-0.4, -0.2) is 30.1 Å². The zero-order valence-corrected chi connectivity index (χ0v) is 12.4. The molecule has 0 aliphatic carbocycles. The van der Waals surface area contributed by atoms with Crippen LogP contribution >= 0.6 is 0 Å². The highest BCUT2D eigenvalue weighted by Crippen LogP contribution is 2.38. The first kappa shape index (κ1) is 13.7. The Morgan fingerprint density at radius 2 is 1.91 bits per heavy atom. The van der Waals surface area contributed by atoms with Crippen molar-refractivity contribution in [3.05, 3.63) is 65.2 Å². The molecule has 2 aromatic carbocycles. The van der Waals surface area contributed by atoms with Crippen LogP contribution in [0.4, 0.5) is 5.69 Å². The number of hydrogen-bond donors (Lipinski definition) is 1. The summed E-state index contributed by atoms with van der Waals surface area (Å²) in [4.78, 5) is 30.4. The highest BCUT2D eigenvalue weighted by Gasteiger charge is 2.40. The second-order valence-corrected chi connectivity index (χ2v) is 5.73. The first-order chi connectivity index (χ1) is 11.2. The number of para-hydroxylation sites is 1. The maximum atomic E-state index is 12.5. The Hall–Kier alpha value is -2.95. The van der Waals surface area contributed by atoms with Gasteiger partial charge < -0.3 is 5.73 Å². The number of anilines is 1. The second kappa shape index (κ2) is 5.05. The predicted octanol–water partition coefficient (Wildman–Crippen LogP) is 1.28. The molecular formula is C18H15N3O2. The number of rotatable bonds is 2. The number of nitrogens with two attached hydrogens (primary N) is 1. The number of primary amides is 1. The van der Waals surface area contributed by atoms with Gasteiger partial charge >= 0.3 is 0 Å². The number of hydrogen-bond acceptors (Lipinski definition) is 3. The van der Waals surface area contributed by atoms with Crippen molar-refractivity contribution in [2.45, 2.75) is 12.5 Å². The highest BCUT2D eigenvalue weighted by molar-refractivity contribution is 6.21. The van der Waals surface area contributed by atoms with Crippen LogP contribution in [0.2, 0.25) is 0 Å². The van der Waals surface area contributed by atoms with Crippen molar-refractivity contribution in [1.82, 2.24) is 0 Å². The van der Waals surface area contributed by atoms with Crippen LogP contribution in [0, 0.1) is 0 Å². The molecule has 0 spiro atoms. The fourth-order valence-electron chi connectivity index (χ4n) is 3.36. The number of amides is 2. The molecule has 2 amide bonds. The van der Waals surface area contributed by atoms with E-state index in [1.165, 1.54) is 4.90 Å². The maximum Gasteiger partial charge on any atom is 0.249 e. The molecule has 0 unspecified atom stereocenters. The summed E-state index contributed by atoms with van der Waals surface area (Å²) in [6.07, 6.45) is 0.465. The summed E-state index contributed by atoms with van der Waals surface area (Å²) in [5, 5.41) is 0. The third-order valence-corrected chi connectivity index (χ3v) is 4.36. The molecule has 0 fully saturated rings. The molecule has 2 aromatic rings. The Balaban J connectivity index is 1.94. The lowest BCUT2D eigenvalue weighted by Gasteiger charge is -2.22. The van der Waals surface area contributed by atoms with E-state index in [1.54, 1.807) is 0 Å². The van der Waals surface area contributed by atoms with Crippen LogP contribution in [0.3, 0.4) is 0 Å². The van der Waals surface area contributed by atoms with E-state index < -0.39 is 11.9 Å². The van der Waals surface area contributed by atoms with Gasteiger partial charge in [0, 0.05) is 17.5 Å². The molecule has 1 atom stereocenters. The number of nitrogens with zero attached hydrogens (tertiary/aromatic N) is 2. The van der Waals surface area contributed by atoms with Gasteiger partial charge in [-0.25, -0.2) is 0 Å². The van der Waals surface area contributed by atoms with Gasteiger partial charge in [0.05, 0.1) is 11.4 Å². The van der Waals surface area contributed by atoms with E-state index in [0.29, 0.717) is 6.42 Å². The molecule has 23 heavy (non-hydrogen) atoms. The molecule has 5 nitrogen and oxygen atoms in total. The molecule has 2 N–H and O–H groups in total. The molecule has 114 valence electrons. The Bertz CT molecular complexity index is 843. The minimum absolute atomic E-state index is 0.0160. The topological polar surface area (TPSA) is 75.8 Å². The number of carbonyl (C=O) groups excluding carboxylic acids is 2. The lowest BCUT2D eigenvalue weighted by molar-refractivity contribution is -0.123. The molecule has 4 rings (SSSR count). The molecule has 0 radical (unpaired) electrons. The molecule has 0 saturated carbocycles. The summed E-state index contributed by atoms with van der Waals surface area (Å²) in [5.41, 5.74) is 9.86. The third-order valence-electron chi connectivity index (χ3n) is 4.36. The summed E-state index contributed by atoms with van der Waals surface area (Å²) in [6.45, 7) is 0.0160. The molecule has 0 aromatic heterocycles. The summed E-state index contributed by atoms with van der Waals surface area (Å²) >= 11 is 0. The largest absolute Gasteiger partial charge is 0.368 e. The van der Waals surface area contributed by atoms with Gasteiger partial charge in [-0.2, -0.15) is 0 Å². The Morgan fingerprint density at radius 1 is 1.13 bits per heavy atom. The monoisotopic (exact) mass is 305 g/mol. The number of benzene rings is 2. The van der Waals surface area contributed by atoms with Gasteiger partial charge in [0.1, 0.15) is 12.6 Å². The van der Waals surface area contributed by atoms with Crippen molar-refractivity contribution in [2.24, 2.45) is 10.7 Å². The van der Waals surface area contributed by atoms with Gasteiger partial charge in [-0.05, 0) is 5.56 Å².